The van der Waals surface area contributed by atoms with Gasteiger partial charge in [0.2, 0.25) is 0 Å². The lowest BCUT2D eigenvalue weighted by molar-refractivity contribution is 0.145. The summed E-state index contributed by atoms with van der Waals surface area (Å²) in [7, 11) is -3.57. The van der Waals surface area contributed by atoms with E-state index in [1.807, 2.05) is 13.8 Å². The van der Waals surface area contributed by atoms with E-state index in [0.717, 1.165) is 0 Å². The lowest BCUT2D eigenvalue weighted by Crippen LogP contribution is -2.33. The van der Waals surface area contributed by atoms with Crippen molar-refractivity contribution >= 4 is 14.6 Å². The van der Waals surface area contributed by atoms with Crippen LogP contribution in [-0.4, -0.2) is 36.3 Å². The van der Waals surface area contributed by atoms with Crippen molar-refractivity contribution in [2.75, 3.05) is 6.61 Å². The number of hydrogen-bond donors (Lipinski definition) is 3. The van der Waals surface area contributed by atoms with Gasteiger partial charge in [0.25, 0.3) is 0 Å². The summed E-state index contributed by atoms with van der Waals surface area (Å²) in [5.41, 5.74) is 0. The molecule has 0 aliphatic rings. The third-order valence-corrected chi connectivity index (χ3v) is 0.810. The average Bonchev–Trinajstić information content (AvgIpc) is 1.82. The summed E-state index contributed by atoms with van der Waals surface area (Å²) in [5, 5.41) is 25.1. The van der Waals surface area contributed by atoms with Crippen LogP contribution in [0.3, 0.4) is 0 Å². The molecule has 0 fully saturated rings. The molecule has 64 valence electrons. The summed E-state index contributed by atoms with van der Waals surface area (Å²) >= 11 is 0. The molecule has 0 saturated heterocycles. The maximum Gasteiger partial charge on any atom is 0.624 e. The van der Waals surface area contributed by atoms with Crippen LogP contribution in [0.1, 0.15) is 13.8 Å². The van der Waals surface area contributed by atoms with Crippen LogP contribution >= 0.6 is 0 Å². The van der Waals surface area contributed by atoms with Gasteiger partial charge >= 0.3 is 14.6 Å². The summed E-state index contributed by atoms with van der Waals surface area (Å²) in [4.78, 5) is 0. The van der Waals surface area contributed by atoms with E-state index in [2.05, 4.69) is 9.23 Å². The van der Waals surface area contributed by atoms with Crippen molar-refractivity contribution in [3.05, 3.63) is 0 Å². The van der Waals surface area contributed by atoms with E-state index in [1.165, 1.54) is 0 Å². The fourth-order valence-electron chi connectivity index (χ4n) is 0.418. The Morgan fingerprint density at radius 3 is 2.18 bits per heavy atom. The molecule has 3 N–H and O–H groups in total. The van der Waals surface area contributed by atoms with Crippen molar-refractivity contribution in [2.45, 2.75) is 13.8 Å². The van der Waals surface area contributed by atoms with Crippen molar-refractivity contribution < 1.29 is 24.3 Å². The van der Waals surface area contributed by atoms with E-state index in [1.54, 1.807) is 0 Å². The first kappa shape index (κ1) is 10.9. The Morgan fingerprint density at radius 1 is 1.27 bits per heavy atom. The van der Waals surface area contributed by atoms with E-state index in [-0.39, 0.29) is 5.92 Å². The monoisotopic (exact) mass is 162 g/mol. The van der Waals surface area contributed by atoms with Crippen molar-refractivity contribution in [3.8, 4) is 0 Å². The van der Waals surface area contributed by atoms with Crippen LogP contribution in [0.5, 0.6) is 0 Å². The van der Waals surface area contributed by atoms with Gasteiger partial charge in [0.15, 0.2) is 0 Å². The van der Waals surface area contributed by atoms with Gasteiger partial charge in [-0.15, -0.1) is 0 Å². The average molecular weight is 162 g/mol. The maximum atomic E-state index is 8.70. The lowest BCUT2D eigenvalue weighted by atomic mass is 10.1. The zero-order valence-corrected chi connectivity index (χ0v) is 6.60. The number of hydrogen-bond acceptors (Lipinski definition) is 5. The van der Waals surface area contributed by atoms with Crippen LogP contribution in [0.2, 0.25) is 0 Å². The Hall–Kier alpha value is -0.0701. The highest BCUT2D eigenvalue weighted by atomic mass is 16.7. The summed E-state index contributed by atoms with van der Waals surface area (Å²) in [6.45, 7) is 4.08. The molecular weight excluding hydrogens is 150 g/mol. The first-order valence-electron chi connectivity index (χ1n) is 3.33. The van der Waals surface area contributed by atoms with Crippen molar-refractivity contribution in [1.82, 2.24) is 0 Å². The highest BCUT2D eigenvalue weighted by molar-refractivity contribution is 6.49. The summed E-state index contributed by atoms with van der Waals surface area (Å²) in [5.74, 6) is 0.254. The highest BCUT2D eigenvalue weighted by Crippen LogP contribution is 1.94. The van der Waals surface area contributed by atoms with Gasteiger partial charge in [-0.25, -0.2) is 0 Å². The van der Waals surface area contributed by atoms with Gasteiger partial charge in [0, 0.05) is 6.61 Å². The van der Waals surface area contributed by atoms with E-state index in [4.69, 9.17) is 15.1 Å². The smallest absolute Gasteiger partial charge is 0.402 e. The van der Waals surface area contributed by atoms with Gasteiger partial charge in [0.1, 0.15) is 0 Å². The Balaban J connectivity index is 3.29. The minimum Gasteiger partial charge on any atom is -0.402 e. The van der Waals surface area contributed by atoms with Gasteiger partial charge in [-0.3, -0.25) is 0 Å². The molecule has 0 aromatic heterocycles. The maximum absolute atomic E-state index is 8.70. The SMILES string of the molecule is CC(C)COB(O)OB(O)O. The van der Waals surface area contributed by atoms with Gasteiger partial charge in [0.05, 0.1) is 0 Å². The third kappa shape index (κ3) is 7.83. The zero-order valence-electron chi connectivity index (χ0n) is 6.60. The minimum atomic E-state index is -2.00. The van der Waals surface area contributed by atoms with Crippen LogP contribution in [0.15, 0.2) is 0 Å². The normalized spacial score (nSPS) is 10.4. The quantitative estimate of drug-likeness (QED) is 0.434. The van der Waals surface area contributed by atoms with Crippen molar-refractivity contribution in [1.29, 1.82) is 0 Å². The van der Waals surface area contributed by atoms with E-state index in [0.29, 0.717) is 6.61 Å². The summed E-state index contributed by atoms with van der Waals surface area (Å²) in [6.07, 6.45) is 0. The first-order valence-corrected chi connectivity index (χ1v) is 3.33. The van der Waals surface area contributed by atoms with Crippen LogP contribution in [-0.2, 0) is 9.23 Å². The minimum absolute atomic E-state index is 0.254. The molecule has 0 unspecified atom stereocenters. The van der Waals surface area contributed by atoms with Crippen LogP contribution in [0, 0.1) is 5.92 Å². The second kappa shape index (κ2) is 5.56. The molecule has 0 heterocycles. The molecule has 0 atom stereocenters. The van der Waals surface area contributed by atoms with Crippen LogP contribution in [0.25, 0.3) is 0 Å². The molecular formula is C4H12B2O5. The molecule has 0 bridgehead atoms. The lowest BCUT2D eigenvalue weighted by Gasteiger charge is -2.09. The van der Waals surface area contributed by atoms with Crippen LogP contribution < -0.4 is 0 Å². The first-order chi connectivity index (χ1) is 5.02. The van der Waals surface area contributed by atoms with Gasteiger partial charge in [-0.1, -0.05) is 13.8 Å². The second-order valence-electron chi connectivity index (χ2n) is 2.50. The molecule has 11 heavy (non-hydrogen) atoms. The molecule has 0 aliphatic carbocycles. The molecule has 7 heteroatoms. The third-order valence-electron chi connectivity index (χ3n) is 0.810. The highest BCUT2D eigenvalue weighted by Gasteiger charge is 2.23. The topological polar surface area (TPSA) is 79.2 Å². The van der Waals surface area contributed by atoms with Crippen molar-refractivity contribution in [3.63, 3.8) is 0 Å². The van der Waals surface area contributed by atoms with Crippen LogP contribution in [0.4, 0.5) is 0 Å². The summed E-state index contributed by atoms with van der Waals surface area (Å²) < 4.78 is 8.67. The summed E-state index contributed by atoms with van der Waals surface area (Å²) in [6, 6.07) is 0. The molecule has 0 rings (SSSR count). The standard InChI is InChI=1S/C4H12B2O5/c1-4(2)3-10-6(9)11-5(7)8/h4,7-9H,3H2,1-2H3. The Morgan fingerprint density at radius 2 is 1.82 bits per heavy atom. The Kier molecular flexibility index (Phi) is 5.53. The predicted octanol–water partition coefficient (Wildman–Crippen LogP) is -1.38. The van der Waals surface area contributed by atoms with Crippen molar-refractivity contribution in [2.24, 2.45) is 5.92 Å². The Labute approximate surface area is 66.3 Å². The molecule has 0 spiro atoms. The van der Waals surface area contributed by atoms with Gasteiger partial charge < -0.3 is 24.3 Å². The zero-order chi connectivity index (χ0) is 8.85. The molecule has 5 nitrogen and oxygen atoms in total. The van der Waals surface area contributed by atoms with E-state index in [9.17, 15) is 0 Å². The van der Waals surface area contributed by atoms with E-state index < -0.39 is 14.6 Å². The van der Waals surface area contributed by atoms with E-state index >= 15 is 0 Å². The largest absolute Gasteiger partial charge is 0.624 e. The number of rotatable bonds is 5. The fraction of sp³-hybridized carbons (Fsp3) is 1.00. The molecule has 0 aliphatic heterocycles. The van der Waals surface area contributed by atoms with Gasteiger partial charge in [-0.2, -0.15) is 0 Å². The fourth-order valence-corrected chi connectivity index (χ4v) is 0.418. The molecule has 0 radical (unpaired) electrons. The molecule has 0 aromatic rings. The second-order valence-corrected chi connectivity index (χ2v) is 2.50. The molecule has 0 amide bonds. The molecule has 0 aromatic carbocycles. The molecule has 0 saturated carbocycles. The van der Waals surface area contributed by atoms with Gasteiger partial charge in [-0.05, 0) is 5.92 Å². The predicted molar refractivity (Wildman–Crippen MR) is 40.0 cm³/mol. The Bertz CT molecular complexity index is 98.5.